The molecule has 0 spiro atoms. The highest BCUT2D eigenvalue weighted by atomic mass is 16.5. The van der Waals surface area contributed by atoms with Gasteiger partial charge in [-0.25, -0.2) is 0 Å². The van der Waals surface area contributed by atoms with Gasteiger partial charge >= 0.3 is 0 Å². The van der Waals surface area contributed by atoms with Crippen LogP contribution in [0.1, 0.15) is 25.0 Å². The van der Waals surface area contributed by atoms with Crippen molar-refractivity contribution in [3.63, 3.8) is 0 Å². The summed E-state index contributed by atoms with van der Waals surface area (Å²) in [5.41, 5.74) is 1.29. The molecule has 0 aromatic heterocycles. The number of Topliss-reactive ketones (excluding diaryl/α,β-unsaturated/α-hetero) is 1. The quantitative estimate of drug-likeness (QED) is 0.857. The van der Waals surface area contributed by atoms with Crippen molar-refractivity contribution in [3.8, 4) is 0 Å². The number of carbonyl (C=O) groups excluding carboxylic acids is 1. The maximum absolute atomic E-state index is 13.1. The Balaban J connectivity index is 1.75. The number of ketones is 1. The summed E-state index contributed by atoms with van der Waals surface area (Å²) in [6, 6.07) is 19.8. The zero-order valence-electron chi connectivity index (χ0n) is 14.2. The van der Waals surface area contributed by atoms with Crippen LogP contribution >= 0.6 is 0 Å². The van der Waals surface area contributed by atoms with Crippen molar-refractivity contribution < 1.29 is 9.53 Å². The van der Waals surface area contributed by atoms with Gasteiger partial charge in [0.15, 0.2) is 5.78 Å². The van der Waals surface area contributed by atoms with Crippen LogP contribution in [0.5, 0.6) is 0 Å². The zero-order chi connectivity index (χ0) is 17.0. The fourth-order valence-electron chi connectivity index (χ4n) is 3.48. The van der Waals surface area contributed by atoms with Crippen LogP contribution in [0.15, 0.2) is 60.7 Å². The smallest absolute Gasteiger partial charge is 0.184 e. The fourth-order valence-corrected chi connectivity index (χ4v) is 3.48. The van der Waals surface area contributed by atoms with Crippen molar-refractivity contribution >= 4 is 5.78 Å². The second-order valence-electron chi connectivity index (χ2n) is 6.33. The maximum Gasteiger partial charge on any atom is 0.184 e. The maximum atomic E-state index is 13.1. The van der Waals surface area contributed by atoms with Gasteiger partial charge in [0.2, 0.25) is 0 Å². The summed E-state index contributed by atoms with van der Waals surface area (Å²) >= 11 is 0. The Morgan fingerprint density at radius 3 is 2.25 bits per heavy atom. The number of hydrogen-bond acceptors (Lipinski definition) is 4. The van der Waals surface area contributed by atoms with Gasteiger partial charge in [-0.05, 0) is 25.0 Å². The molecule has 2 N–H and O–H groups in total. The molecular formula is C20H24N2O2. The number of nitrogens with one attached hydrogen (secondary N) is 2. The fraction of sp³-hybridized carbons (Fsp3) is 0.350. The molecule has 126 valence electrons. The average molecular weight is 324 g/mol. The van der Waals surface area contributed by atoms with E-state index >= 15 is 0 Å². The summed E-state index contributed by atoms with van der Waals surface area (Å²) in [6.07, 6.45) is 0.0679. The Bertz CT molecular complexity index is 675. The lowest BCUT2D eigenvalue weighted by atomic mass is 9.81. The molecule has 24 heavy (non-hydrogen) atoms. The summed E-state index contributed by atoms with van der Waals surface area (Å²) < 4.78 is 5.71. The molecule has 3 rings (SSSR count). The summed E-state index contributed by atoms with van der Waals surface area (Å²) in [6.45, 7) is 4.59. The molecule has 3 unspecified atom stereocenters. The largest absolute Gasteiger partial charge is 0.369 e. The minimum absolute atomic E-state index is 0.0114. The average Bonchev–Trinajstić information content (AvgIpc) is 2.92. The van der Waals surface area contributed by atoms with Crippen molar-refractivity contribution in [2.45, 2.75) is 38.2 Å². The molecule has 4 heteroatoms. The summed E-state index contributed by atoms with van der Waals surface area (Å²) in [5, 5.41) is 6.85. The Morgan fingerprint density at radius 1 is 1.04 bits per heavy atom. The number of ether oxygens (including phenoxy) is 1. The molecule has 0 bridgehead atoms. The second-order valence-corrected chi connectivity index (χ2v) is 6.33. The Labute approximate surface area is 143 Å². The van der Waals surface area contributed by atoms with E-state index < -0.39 is 5.54 Å². The van der Waals surface area contributed by atoms with Gasteiger partial charge in [-0.2, -0.15) is 0 Å². The van der Waals surface area contributed by atoms with Crippen LogP contribution < -0.4 is 10.6 Å². The molecule has 1 aliphatic rings. The predicted molar refractivity (Wildman–Crippen MR) is 94.4 cm³/mol. The third kappa shape index (κ3) is 3.26. The third-order valence-corrected chi connectivity index (χ3v) is 4.61. The van der Waals surface area contributed by atoms with Gasteiger partial charge in [0.1, 0.15) is 12.1 Å². The van der Waals surface area contributed by atoms with Gasteiger partial charge in [-0.15, -0.1) is 0 Å². The lowest BCUT2D eigenvalue weighted by molar-refractivity contribution is -0.131. The number of hydrogen-bond donors (Lipinski definition) is 2. The molecule has 1 saturated heterocycles. The van der Waals surface area contributed by atoms with E-state index in [1.54, 1.807) is 0 Å². The highest BCUT2D eigenvalue weighted by molar-refractivity contribution is 5.92. The molecule has 1 fully saturated rings. The number of carbonyl (C=O) groups is 1. The first-order valence-electron chi connectivity index (χ1n) is 8.37. The SMILES string of the molecule is CC1NC(C)C(C(=O)COCc2ccccc2)(c2ccccc2)N1. The van der Waals surface area contributed by atoms with Crippen LogP contribution in [0.25, 0.3) is 0 Å². The first-order valence-corrected chi connectivity index (χ1v) is 8.37. The van der Waals surface area contributed by atoms with Crippen LogP contribution in [-0.2, 0) is 21.7 Å². The second kappa shape index (κ2) is 7.26. The molecule has 2 aromatic carbocycles. The monoisotopic (exact) mass is 324 g/mol. The van der Waals surface area contributed by atoms with E-state index in [1.807, 2.05) is 74.5 Å². The van der Waals surface area contributed by atoms with Crippen LogP contribution in [0.2, 0.25) is 0 Å². The van der Waals surface area contributed by atoms with E-state index in [2.05, 4.69) is 10.6 Å². The van der Waals surface area contributed by atoms with E-state index in [4.69, 9.17) is 4.74 Å². The molecule has 4 nitrogen and oxygen atoms in total. The molecule has 3 atom stereocenters. The normalized spacial score (nSPS) is 26.4. The van der Waals surface area contributed by atoms with Gasteiger partial charge in [0, 0.05) is 6.04 Å². The minimum atomic E-state index is -0.753. The van der Waals surface area contributed by atoms with Crippen LogP contribution in [0.4, 0.5) is 0 Å². The molecule has 0 aliphatic carbocycles. The van der Waals surface area contributed by atoms with Gasteiger partial charge in [-0.3, -0.25) is 15.4 Å². The molecule has 0 radical (unpaired) electrons. The summed E-state index contributed by atoms with van der Waals surface area (Å²) in [5.74, 6) is 0.0500. The van der Waals surface area contributed by atoms with Crippen molar-refractivity contribution in [2.75, 3.05) is 6.61 Å². The molecule has 0 amide bonds. The van der Waals surface area contributed by atoms with E-state index in [0.29, 0.717) is 6.61 Å². The minimum Gasteiger partial charge on any atom is -0.369 e. The van der Waals surface area contributed by atoms with Gasteiger partial charge in [0.05, 0.1) is 12.8 Å². The number of rotatable bonds is 6. The highest BCUT2D eigenvalue weighted by Gasteiger charge is 2.49. The molecule has 1 aliphatic heterocycles. The number of benzene rings is 2. The van der Waals surface area contributed by atoms with Crippen molar-refractivity contribution in [1.29, 1.82) is 0 Å². The highest BCUT2D eigenvalue weighted by Crippen LogP contribution is 2.31. The molecule has 0 saturated carbocycles. The van der Waals surface area contributed by atoms with Crippen molar-refractivity contribution in [1.82, 2.24) is 10.6 Å². The third-order valence-electron chi connectivity index (χ3n) is 4.61. The van der Waals surface area contributed by atoms with Crippen LogP contribution in [0, 0.1) is 0 Å². The molecule has 2 aromatic rings. The zero-order valence-corrected chi connectivity index (χ0v) is 14.2. The Kier molecular flexibility index (Phi) is 5.09. The van der Waals surface area contributed by atoms with E-state index in [0.717, 1.165) is 11.1 Å². The van der Waals surface area contributed by atoms with Crippen LogP contribution in [0.3, 0.4) is 0 Å². The van der Waals surface area contributed by atoms with E-state index in [9.17, 15) is 4.79 Å². The topological polar surface area (TPSA) is 50.4 Å². The first-order chi connectivity index (χ1) is 11.6. The van der Waals surface area contributed by atoms with Gasteiger partial charge in [0.25, 0.3) is 0 Å². The summed E-state index contributed by atoms with van der Waals surface area (Å²) in [7, 11) is 0. The van der Waals surface area contributed by atoms with Crippen molar-refractivity contribution in [2.24, 2.45) is 0 Å². The molecule has 1 heterocycles. The lowest BCUT2D eigenvalue weighted by Crippen LogP contribution is -2.53. The Morgan fingerprint density at radius 2 is 1.67 bits per heavy atom. The Hall–Kier alpha value is -2.01. The van der Waals surface area contributed by atoms with Crippen LogP contribution in [-0.4, -0.2) is 24.6 Å². The van der Waals surface area contributed by atoms with Gasteiger partial charge in [-0.1, -0.05) is 60.7 Å². The predicted octanol–water partition coefficient (Wildman–Crippen LogP) is 2.60. The first kappa shape index (κ1) is 16.8. The standard InChI is InChI=1S/C20H24N2O2/c1-15-20(22-16(2)21-15,18-11-7-4-8-12-18)19(23)14-24-13-17-9-5-3-6-10-17/h3-12,15-16,21-22H,13-14H2,1-2H3. The van der Waals surface area contributed by atoms with Gasteiger partial charge < -0.3 is 4.74 Å². The molecular weight excluding hydrogens is 300 g/mol. The lowest BCUT2D eigenvalue weighted by Gasteiger charge is -2.32. The van der Waals surface area contributed by atoms with Crippen molar-refractivity contribution in [3.05, 3.63) is 71.8 Å². The van der Waals surface area contributed by atoms with E-state index in [1.165, 1.54) is 0 Å². The van der Waals surface area contributed by atoms with E-state index in [-0.39, 0.29) is 24.6 Å². The summed E-state index contributed by atoms with van der Waals surface area (Å²) in [4.78, 5) is 13.1.